The molecule has 0 unspecified atom stereocenters. The molecule has 0 bridgehead atoms. The highest BCUT2D eigenvalue weighted by Crippen LogP contribution is 2.27. The van der Waals surface area contributed by atoms with Crippen LogP contribution in [-0.4, -0.2) is 27.8 Å². The van der Waals surface area contributed by atoms with Gasteiger partial charge in [-0.1, -0.05) is 18.2 Å². The highest BCUT2D eigenvalue weighted by atomic mass is 32.2. The van der Waals surface area contributed by atoms with E-state index >= 15 is 0 Å². The van der Waals surface area contributed by atoms with Gasteiger partial charge in [0.15, 0.2) is 0 Å². The van der Waals surface area contributed by atoms with Crippen LogP contribution < -0.4 is 5.32 Å². The summed E-state index contributed by atoms with van der Waals surface area (Å²) in [5.74, 6) is -1.55. The van der Waals surface area contributed by atoms with Gasteiger partial charge in [0, 0.05) is 10.6 Å². The van der Waals surface area contributed by atoms with E-state index in [1.807, 2.05) is 30.3 Å². The van der Waals surface area contributed by atoms with Crippen molar-refractivity contribution in [1.29, 1.82) is 0 Å². The maximum Gasteiger partial charge on any atom is 0.339 e. The quantitative estimate of drug-likeness (QED) is 0.582. The van der Waals surface area contributed by atoms with Crippen LogP contribution in [0.4, 0.5) is 5.69 Å². The van der Waals surface area contributed by atoms with Crippen molar-refractivity contribution in [2.24, 2.45) is 0 Å². The molecular formula is C16H15NO4S. The molecule has 2 rings (SSSR count). The van der Waals surface area contributed by atoms with E-state index in [0.717, 1.165) is 4.90 Å². The monoisotopic (exact) mass is 317 g/mol. The number of aromatic hydroxyl groups is 1. The number of benzene rings is 2. The third-order valence-electron chi connectivity index (χ3n) is 2.93. The van der Waals surface area contributed by atoms with E-state index in [9.17, 15) is 14.7 Å². The second-order valence-electron chi connectivity index (χ2n) is 4.64. The molecule has 1 amide bonds. The van der Waals surface area contributed by atoms with Crippen molar-refractivity contribution >= 4 is 29.3 Å². The smallest absolute Gasteiger partial charge is 0.339 e. The molecule has 2 aromatic carbocycles. The summed E-state index contributed by atoms with van der Waals surface area (Å²) in [6, 6.07) is 12.3. The van der Waals surface area contributed by atoms with Gasteiger partial charge in [0.05, 0.1) is 5.75 Å². The SMILES string of the molecule is Cc1cc(NC(=O)CSc2ccccc2)cc(C(=O)O)c1O. The molecule has 0 aliphatic heterocycles. The molecule has 3 N–H and O–H groups in total. The second-order valence-corrected chi connectivity index (χ2v) is 5.69. The van der Waals surface area contributed by atoms with Gasteiger partial charge in [-0.25, -0.2) is 4.79 Å². The largest absolute Gasteiger partial charge is 0.507 e. The molecule has 0 spiro atoms. The van der Waals surface area contributed by atoms with Crippen LogP contribution in [0.3, 0.4) is 0 Å². The number of carbonyl (C=O) groups is 2. The van der Waals surface area contributed by atoms with Crippen LogP contribution in [0, 0.1) is 6.92 Å². The fourth-order valence-corrected chi connectivity index (χ4v) is 2.60. The number of carboxylic acids is 1. The average Bonchev–Trinajstić information content (AvgIpc) is 2.49. The Hall–Kier alpha value is -2.47. The Labute approximate surface area is 132 Å². The number of hydrogen-bond donors (Lipinski definition) is 3. The molecule has 0 aliphatic rings. The van der Waals surface area contributed by atoms with Crippen molar-refractivity contribution < 1.29 is 19.8 Å². The molecular weight excluding hydrogens is 302 g/mol. The summed E-state index contributed by atoms with van der Waals surface area (Å²) < 4.78 is 0. The van der Waals surface area contributed by atoms with Gasteiger partial charge in [0.25, 0.3) is 0 Å². The number of amides is 1. The van der Waals surface area contributed by atoms with Crippen molar-refractivity contribution in [3.05, 3.63) is 53.6 Å². The normalized spacial score (nSPS) is 10.2. The summed E-state index contributed by atoms with van der Waals surface area (Å²) in [7, 11) is 0. The Morgan fingerprint density at radius 1 is 1.18 bits per heavy atom. The lowest BCUT2D eigenvalue weighted by Gasteiger charge is -2.09. The highest BCUT2D eigenvalue weighted by Gasteiger charge is 2.14. The van der Waals surface area contributed by atoms with Crippen molar-refractivity contribution in [1.82, 2.24) is 0 Å². The first-order valence-electron chi connectivity index (χ1n) is 6.52. The zero-order valence-corrected chi connectivity index (χ0v) is 12.7. The maximum absolute atomic E-state index is 11.9. The van der Waals surface area contributed by atoms with E-state index in [1.54, 1.807) is 6.92 Å². The number of phenols is 1. The Balaban J connectivity index is 2.04. The first-order chi connectivity index (χ1) is 10.5. The Morgan fingerprint density at radius 2 is 1.86 bits per heavy atom. The fourth-order valence-electron chi connectivity index (χ4n) is 1.88. The van der Waals surface area contributed by atoms with Gasteiger partial charge in [-0.2, -0.15) is 0 Å². The zero-order valence-electron chi connectivity index (χ0n) is 11.9. The van der Waals surface area contributed by atoms with Gasteiger partial charge in [0.1, 0.15) is 11.3 Å². The van der Waals surface area contributed by atoms with E-state index in [4.69, 9.17) is 5.11 Å². The minimum absolute atomic E-state index is 0.215. The first-order valence-corrected chi connectivity index (χ1v) is 7.50. The average molecular weight is 317 g/mol. The number of rotatable bonds is 5. The van der Waals surface area contributed by atoms with Crippen LogP contribution in [-0.2, 0) is 4.79 Å². The van der Waals surface area contributed by atoms with Gasteiger partial charge in [-0.05, 0) is 36.8 Å². The summed E-state index contributed by atoms with van der Waals surface area (Å²) in [6.45, 7) is 1.58. The lowest BCUT2D eigenvalue weighted by molar-refractivity contribution is -0.113. The Kier molecular flexibility index (Phi) is 5.06. The van der Waals surface area contributed by atoms with Crippen LogP contribution >= 0.6 is 11.8 Å². The zero-order chi connectivity index (χ0) is 16.1. The summed E-state index contributed by atoms with van der Waals surface area (Å²) in [5, 5.41) is 21.3. The van der Waals surface area contributed by atoms with E-state index in [1.165, 1.54) is 23.9 Å². The lowest BCUT2D eigenvalue weighted by atomic mass is 10.1. The number of nitrogens with one attached hydrogen (secondary N) is 1. The highest BCUT2D eigenvalue weighted by molar-refractivity contribution is 8.00. The van der Waals surface area contributed by atoms with Crippen LogP contribution in [0.1, 0.15) is 15.9 Å². The molecule has 0 saturated carbocycles. The van der Waals surface area contributed by atoms with Gasteiger partial charge < -0.3 is 15.5 Å². The maximum atomic E-state index is 11.9. The molecule has 0 radical (unpaired) electrons. The van der Waals surface area contributed by atoms with Gasteiger partial charge >= 0.3 is 5.97 Å². The van der Waals surface area contributed by atoms with E-state index in [0.29, 0.717) is 11.3 Å². The van der Waals surface area contributed by atoms with Crippen molar-refractivity contribution in [3.8, 4) is 5.75 Å². The molecule has 0 saturated heterocycles. The number of thioether (sulfide) groups is 1. The summed E-state index contributed by atoms with van der Waals surface area (Å²) in [4.78, 5) is 23.9. The molecule has 114 valence electrons. The number of aromatic carboxylic acids is 1. The van der Waals surface area contributed by atoms with Gasteiger partial charge in [-0.3, -0.25) is 4.79 Å². The third-order valence-corrected chi connectivity index (χ3v) is 3.94. The van der Waals surface area contributed by atoms with Crippen molar-refractivity contribution in [2.45, 2.75) is 11.8 Å². The molecule has 2 aromatic rings. The fraction of sp³-hybridized carbons (Fsp3) is 0.125. The minimum Gasteiger partial charge on any atom is -0.507 e. The summed E-state index contributed by atoms with van der Waals surface area (Å²) in [5.41, 5.74) is 0.517. The molecule has 0 atom stereocenters. The van der Waals surface area contributed by atoms with Gasteiger partial charge in [0.2, 0.25) is 5.91 Å². The molecule has 6 heteroatoms. The number of hydrogen-bond acceptors (Lipinski definition) is 4. The predicted molar refractivity (Wildman–Crippen MR) is 85.6 cm³/mol. The van der Waals surface area contributed by atoms with Crippen LogP contribution in [0.2, 0.25) is 0 Å². The minimum atomic E-state index is -1.24. The number of anilines is 1. The molecule has 0 aromatic heterocycles. The predicted octanol–water partition coefficient (Wildman–Crippen LogP) is 3.13. The summed E-state index contributed by atoms with van der Waals surface area (Å²) in [6.07, 6.45) is 0. The van der Waals surface area contributed by atoms with Crippen LogP contribution in [0.5, 0.6) is 5.75 Å². The second kappa shape index (κ2) is 7.00. The number of carboxylic acid groups (broad SMARTS) is 1. The molecule has 5 nitrogen and oxygen atoms in total. The van der Waals surface area contributed by atoms with E-state index in [2.05, 4.69) is 5.32 Å². The van der Waals surface area contributed by atoms with E-state index < -0.39 is 5.97 Å². The Morgan fingerprint density at radius 3 is 2.50 bits per heavy atom. The molecule has 22 heavy (non-hydrogen) atoms. The third kappa shape index (κ3) is 4.02. The number of aryl methyl sites for hydroxylation is 1. The van der Waals surface area contributed by atoms with Crippen LogP contribution in [0.15, 0.2) is 47.4 Å². The Bertz CT molecular complexity index is 701. The van der Waals surface area contributed by atoms with Crippen molar-refractivity contribution in [3.63, 3.8) is 0 Å². The van der Waals surface area contributed by atoms with Crippen molar-refractivity contribution in [2.75, 3.05) is 11.1 Å². The number of carbonyl (C=O) groups excluding carboxylic acids is 1. The summed E-state index contributed by atoms with van der Waals surface area (Å²) >= 11 is 1.39. The van der Waals surface area contributed by atoms with Gasteiger partial charge in [-0.15, -0.1) is 11.8 Å². The lowest BCUT2D eigenvalue weighted by Crippen LogP contribution is -2.14. The van der Waals surface area contributed by atoms with Crippen LogP contribution in [0.25, 0.3) is 0 Å². The molecule has 0 heterocycles. The molecule has 0 fully saturated rings. The standard InChI is InChI=1S/C16H15NO4S/c1-10-7-11(8-13(15(10)19)16(20)21)17-14(18)9-22-12-5-3-2-4-6-12/h2-8,19H,9H2,1H3,(H,17,18)(H,20,21). The van der Waals surface area contributed by atoms with E-state index in [-0.39, 0.29) is 23.0 Å². The first kappa shape index (κ1) is 15.9. The molecule has 0 aliphatic carbocycles. The topological polar surface area (TPSA) is 86.6 Å².